The minimum atomic E-state index is -0.257. The number of aromatic nitrogens is 1. The maximum Gasteiger partial charge on any atom is 0.272 e. The van der Waals surface area contributed by atoms with Gasteiger partial charge in [0.2, 0.25) is 5.89 Å². The van der Waals surface area contributed by atoms with Crippen LogP contribution in [0.3, 0.4) is 0 Å². The maximum absolute atomic E-state index is 11.2. The molecule has 0 saturated carbocycles. The lowest BCUT2D eigenvalue weighted by Crippen LogP contribution is -2.18. The molecule has 5 heteroatoms. The molecule has 0 aliphatic heterocycles. The highest BCUT2D eigenvalue weighted by molar-refractivity contribution is 5.91. The van der Waals surface area contributed by atoms with Gasteiger partial charge in [-0.2, -0.15) is 0 Å². The van der Waals surface area contributed by atoms with E-state index in [1.165, 1.54) is 6.26 Å². The van der Waals surface area contributed by atoms with Crippen LogP contribution >= 0.6 is 0 Å². The highest BCUT2D eigenvalue weighted by Crippen LogP contribution is 2.15. The molecule has 1 rings (SSSR count). The van der Waals surface area contributed by atoms with Gasteiger partial charge in [0.25, 0.3) is 5.91 Å². The number of nitrogens with two attached hydrogens (primary N) is 1. The van der Waals surface area contributed by atoms with Crippen molar-refractivity contribution < 1.29 is 9.21 Å². The molecule has 0 aliphatic rings. The fourth-order valence-electron chi connectivity index (χ4n) is 1.24. The first-order chi connectivity index (χ1) is 7.19. The van der Waals surface area contributed by atoms with Crippen LogP contribution in [0, 0.1) is 0 Å². The van der Waals surface area contributed by atoms with E-state index in [0.717, 1.165) is 19.3 Å². The normalized spacial score (nSPS) is 12.5. The van der Waals surface area contributed by atoms with Gasteiger partial charge in [-0.15, -0.1) is 0 Å². The highest BCUT2D eigenvalue weighted by Gasteiger charge is 2.15. The summed E-state index contributed by atoms with van der Waals surface area (Å²) in [6, 6.07) is -0.219. The fraction of sp³-hybridized carbons (Fsp3) is 0.600. The van der Waals surface area contributed by atoms with Crippen molar-refractivity contribution in [2.24, 2.45) is 5.73 Å². The maximum atomic E-state index is 11.2. The third kappa shape index (κ3) is 3.06. The van der Waals surface area contributed by atoms with Crippen LogP contribution in [0.4, 0.5) is 0 Å². The molecule has 84 valence electrons. The van der Waals surface area contributed by atoms with E-state index in [1.54, 1.807) is 7.05 Å². The second kappa shape index (κ2) is 5.50. The Balaban J connectivity index is 2.62. The summed E-state index contributed by atoms with van der Waals surface area (Å²) in [6.45, 7) is 2.10. The van der Waals surface area contributed by atoms with Gasteiger partial charge in [0.15, 0.2) is 5.69 Å². The van der Waals surface area contributed by atoms with E-state index in [4.69, 9.17) is 10.2 Å². The van der Waals surface area contributed by atoms with Crippen molar-refractivity contribution in [2.45, 2.75) is 32.2 Å². The predicted octanol–water partition coefficient (Wildman–Crippen LogP) is 1.22. The van der Waals surface area contributed by atoms with Crippen molar-refractivity contribution in [3.8, 4) is 0 Å². The molecule has 5 nitrogen and oxygen atoms in total. The third-order valence-electron chi connectivity index (χ3n) is 2.17. The molecule has 0 radical (unpaired) electrons. The van der Waals surface area contributed by atoms with E-state index in [1.807, 2.05) is 0 Å². The molecule has 1 unspecified atom stereocenters. The van der Waals surface area contributed by atoms with Gasteiger partial charge in [-0.1, -0.05) is 19.8 Å². The molecular formula is C10H17N3O2. The van der Waals surface area contributed by atoms with Crippen molar-refractivity contribution in [3.05, 3.63) is 17.8 Å². The average Bonchev–Trinajstić information content (AvgIpc) is 2.74. The monoisotopic (exact) mass is 211 g/mol. The number of rotatable bonds is 5. The largest absolute Gasteiger partial charge is 0.446 e. The molecular weight excluding hydrogens is 194 g/mol. The van der Waals surface area contributed by atoms with Gasteiger partial charge >= 0.3 is 0 Å². The van der Waals surface area contributed by atoms with Crippen LogP contribution in [0.1, 0.15) is 48.6 Å². The van der Waals surface area contributed by atoms with Gasteiger partial charge in [-0.25, -0.2) is 4.98 Å². The average molecular weight is 211 g/mol. The van der Waals surface area contributed by atoms with E-state index < -0.39 is 0 Å². The number of amides is 1. The lowest BCUT2D eigenvalue weighted by Gasteiger charge is -2.04. The van der Waals surface area contributed by atoms with E-state index in [9.17, 15) is 4.79 Å². The lowest BCUT2D eigenvalue weighted by molar-refractivity contribution is 0.0958. The Bertz CT molecular complexity index is 322. The van der Waals surface area contributed by atoms with Crippen LogP contribution in [0.25, 0.3) is 0 Å². The Labute approximate surface area is 89.1 Å². The van der Waals surface area contributed by atoms with E-state index in [0.29, 0.717) is 5.89 Å². The van der Waals surface area contributed by atoms with Gasteiger partial charge in [-0.3, -0.25) is 4.79 Å². The van der Waals surface area contributed by atoms with Gasteiger partial charge in [0.1, 0.15) is 6.26 Å². The highest BCUT2D eigenvalue weighted by atomic mass is 16.3. The molecule has 0 saturated heterocycles. The number of carbonyl (C=O) groups excluding carboxylic acids is 1. The number of nitrogens with one attached hydrogen (secondary N) is 1. The zero-order chi connectivity index (χ0) is 11.3. The number of oxazole rings is 1. The molecule has 1 aromatic rings. The first-order valence-electron chi connectivity index (χ1n) is 5.12. The Morgan fingerprint density at radius 3 is 3.07 bits per heavy atom. The minimum Gasteiger partial charge on any atom is -0.446 e. The zero-order valence-corrected chi connectivity index (χ0v) is 9.12. The van der Waals surface area contributed by atoms with Crippen LogP contribution in [0.2, 0.25) is 0 Å². The molecule has 1 aromatic heterocycles. The number of nitrogens with zero attached hydrogens (tertiary/aromatic N) is 1. The Kier molecular flexibility index (Phi) is 4.30. The summed E-state index contributed by atoms with van der Waals surface area (Å²) in [4.78, 5) is 15.2. The summed E-state index contributed by atoms with van der Waals surface area (Å²) in [7, 11) is 1.55. The SMILES string of the molecule is CCCCC(N)c1nc(C(=O)NC)co1. The Morgan fingerprint density at radius 1 is 1.73 bits per heavy atom. The fourth-order valence-corrected chi connectivity index (χ4v) is 1.24. The van der Waals surface area contributed by atoms with Crippen LogP contribution in [0.15, 0.2) is 10.7 Å². The number of carbonyl (C=O) groups is 1. The molecule has 1 heterocycles. The molecule has 0 spiro atoms. The topological polar surface area (TPSA) is 81.1 Å². The number of hydrogen-bond acceptors (Lipinski definition) is 4. The predicted molar refractivity (Wildman–Crippen MR) is 56.3 cm³/mol. The van der Waals surface area contributed by atoms with E-state index >= 15 is 0 Å². The van der Waals surface area contributed by atoms with Crippen LogP contribution in [-0.2, 0) is 0 Å². The van der Waals surface area contributed by atoms with Crippen molar-refractivity contribution in [3.63, 3.8) is 0 Å². The van der Waals surface area contributed by atoms with Gasteiger partial charge in [0.05, 0.1) is 6.04 Å². The van der Waals surface area contributed by atoms with Crippen molar-refractivity contribution >= 4 is 5.91 Å². The molecule has 0 fully saturated rings. The first kappa shape index (κ1) is 11.7. The Hall–Kier alpha value is -1.36. The first-order valence-corrected chi connectivity index (χ1v) is 5.12. The summed E-state index contributed by atoms with van der Waals surface area (Å²) >= 11 is 0. The van der Waals surface area contributed by atoms with E-state index in [2.05, 4.69) is 17.2 Å². The summed E-state index contributed by atoms with van der Waals surface area (Å²) < 4.78 is 5.15. The summed E-state index contributed by atoms with van der Waals surface area (Å²) in [5.41, 5.74) is 6.13. The van der Waals surface area contributed by atoms with Crippen LogP contribution in [-0.4, -0.2) is 17.9 Å². The van der Waals surface area contributed by atoms with Crippen LogP contribution < -0.4 is 11.1 Å². The summed E-state index contributed by atoms with van der Waals surface area (Å²) in [6.07, 6.45) is 4.26. The van der Waals surface area contributed by atoms with Gasteiger partial charge in [-0.05, 0) is 6.42 Å². The molecule has 0 aromatic carbocycles. The molecule has 0 bridgehead atoms. The van der Waals surface area contributed by atoms with Gasteiger partial charge < -0.3 is 15.5 Å². The quantitative estimate of drug-likeness (QED) is 0.767. The smallest absolute Gasteiger partial charge is 0.272 e. The van der Waals surface area contributed by atoms with Gasteiger partial charge in [0, 0.05) is 7.05 Å². The molecule has 3 N–H and O–H groups in total. The van der Waals surface area contributed by atoms with E-state index in [-0.39, 0.29) is 17.6 Å². The molecule has 1 amide bonds. The lowest BCUT2D eigenvalue weighted by atomic mass is 10.1. The zero-order valence-electron chi connectivity index (χ0n) is 9.12. The second-order valence-electron chi connectivity index (χ2n) is 3.40. The molecule has 0 aliphatic carbocycles. The summed E-state index contributed by atoms with van der Waals surface area (Å²) in [5, 5.41) is 2.47. The van der Waals surface area contributed by atoms with Crippen molar-refractivity contribution in [1.82, 2.24) is 10.3 Å². The number of unbranched alkanes of at least 4 members (excludes halogenated alkanes) is 1. The number of hydrogen-bond donors (Lipinski definition) is 2. The second-order valence-corrected chi connectivity index (χ2v) is 3.40. The standard InChI is InChI=1S/C10H17N3O2/c1-3-4-5-7(11)10-13-8(6-15-10)9(14)12-2/h6-7H,3-5,11H2,1-2H3,(H,12,14). The van der Waals surface area contributed by atoms with Crippen molar-refractivity contribution in [2.75, 3.05) is 7.05 Å². The van der Waals surface area contributed by atoms with Crippen LogP contribution in [0.5, 0.6) is 0 Å². The van der Waals surface area contributed by atoms with Crippen molar-refractivity contribution in [1.29, 1.82) is 0 Å². The minimum absolute atomic E-state index is 0.219. The Morgan fingerprint density at radius 2 is 2.47 bits per heavy atom. The third-order valence-corrected chi connectivity index (χ3v) is 2.17. The summed E-state index contributed by atoms with van der Waals surface area (Å²) in [5.74, 6) is 0.176. The molecule has 1 atom stereocenters. The molecule has 15 heavy (non-hydrogen) atoms.